The maximum atomic E-state index is 7.71. The Morgan fingerprint density at radius 1 is 0.667 bits per heavy atom. The first kappa shape index (κ1) is 50.1. The lowest BCUT2D eigenvalue weighted by Crippen LogP contribution is -2.70. The average molecular weight is 864 g/mol. The first-order chi connectivity index (χ1) is 25.8. The molecule has 14 heteroatoms. The molecule has 4 atom stereocenters. The van der Waals surface area contributed by atoms with Gasteiger partial charge >= 0.3 is 0 Å². The quantitative estimate of drug-likeness (QED) is 0.116. The zero-order valence-electron chi connectivity index (χ0n) is 40.2. The van der Waals surface area contributed by atoms with Crippen LogP contribution in [0, 0.1) is 0 Å². The molecule has 57 heavy (non-hydrogen) atoms. The van der Waals surface area contributed by atoms with E-state index in [4.69, 9.17) is 17.7 Å². The van der Waals surface area contributed by atoms with Crippen LogP contribution in [0.15, 0.2) is 31.0 Å². The van der Waals surface area contributed by atoms with Crippen molar-refractivity contribution in [1.29, 1.82) is 0 Å². The van der Waals surface area contributed by atoms with Crippen molar-refractivity contribution in [2.75, 3.05) is 31.6 Å². The highest BCUT2D eigenvalue weighted by atomic mass is 28.4. The lowest BCUT2D eigenvalue weighted by atomic mass is 9.94. The molecule has 0 spiro atoms. The topological polar surface area (TPSA) is 95.8 Å². The summed E-state index contributed by atoms with van der Waals surface area (Å²) in [4.78, 5) is 11.3. The van der Waals surface area contributed by atoms with Crippen molar-refractivity contribution in [2.45, 2.75) is 206 Å². The molecule has 10 nitrogen and oxygen atoms in total. The zero-order valence-corrected chi connectivity index (χ0v) is 44.2. The maximum Gasteiger partial charge on any atom is 0.192 e. The van der Waals surface area contributed by atoms with E-state index >= 15 is 0 Å². The number of hydrogen-bond acceptors (Lipinski definition) is 9. The summed E-state index contributed by atoms with van der Waals surface area (Å²) in [5, 5.41) is 7.97. The smallest absolute Gasteiger partial charge is 0.192 e. The van der Waals surface area contributed by atoms with E-state index in [0.29, 0.717) is 6.61 Å². The van der Waals surface area contributed by atoms with E-state index in [2.05, 4.69) is 161 Å². The molecular weight excluding hydrogens is 777 g/mol. The Bertz CT molecular complexity index is 1510. The van der Waals surface area contributed by atoms with Gasteiger partial charge in [-0.15, -0.1) is 0 Å². The Hall–Kier alpha value is -1.24. The average Bonchev–Trinajstić information content (AvgIpc) is 3.59. The zero-order chi connectivity index (χ0) is 43.5. The molecule has 0 saturated carbocycles. The van der Waals surface area contributed by atoms with Gasteiger partial charge in [0.1, 0.15) is 18.5 Å². The van der Waals surface area contributed by atoms with Crippen LogP contribution >= 0.6 is 0 Å². The van der Waals surface area contributed by atoms with Gasteiger partial charge in [-0.2, -0.15) is 5.10 Å². The number of hydrogen-bond donors (Lipinski definition) is 1. The monoisotopic (exact) mass is 863 g/mol. The van der Waals surface area contributed by atoms with Crippen molar-refractivity contribution in [1.82, 2.24) is 24.6 Å². The maximum absolute atomic E-state index is 7.71. The Balaban J connectivity index is 1.93. The minimum absolute atomic E-state index is 0.0419. The predicted molar refractivity (Wildman–Crippen MR) is 251 cm³/mol. The molecule has 0 radical (unpaired) electrons. The van der Waals surface area contributed by atoms with E-state index in [1.807, 2.05) is 18.3 Å². The summed E-state index contributed by atoms with van der Waals surface area (Å²) in [5.74, 6) is 0.881. The van der Waals surface area contributed by atoms with Gasteiger partial charge in [-0.25, -0.2) is 14.6 Å². The van der Waals surface area contributed by atoms with E-state index in [1.165, 1.54) is 6.33 Å². The molecule has 1 aliphatic rings. The van der Waals surface area contributed by atoms with E-state index in [9.17, 15) is 0 Å². The van der Waals surface area contributed by atoms with Gasteiger partial charge in [0.25, 0.3) is 0 Å². The van der Waals surface area contributed by atoms with Crippen LogP contribution in [-0.2, 0) is 17.7 Å². The minimum atomic E-state index is -2.26. The van der Waals surface area contributed by atoms with Crippen LogP contribution in [0.5, 0.6) is 0 Å². The van der Waals surface area contributed by atoms with Crippen LogP contribution in [0.4, 0.5) is 5.82 Å². The Morgan fingerprint density at radius 2 is 1.19 bits per heavy atom. The molecule has 3 heterocycles. The highest BCUT2D eigenvalue weighted by Gasteiger charge is 2.55. The second-order valence-corrected chi connectivity index (χ2v) is 41.9. The molecular formula is C43H86N6O4Si4. The van der Waals surface area contributed by atoms with Crippen molar-refractivity contribution < 1.29 is 17.7 Å². The fourth-order valence-corrected chi connectivity index (χ4v) is 11.0. The van der Waals surface area contributed by atoms with Gasteiger partial charge in [0, 0.05) is 13.1 Å². The van der Waals surface area contributed by atoms with Crippen LogP contribution < -0.4 is 5.32 Å². The number of nitrogens with zero attached hydrogens (tertiary/aromatic N) is 5. The first-order valence-electron chi connectivity index (χ1n) is 21.8. The van der Waals surface area contributed by atoms with Gasteiger partial charge in [0.2, 0.25) is 0 Å². The number of aromatic nitrogens is 4. The molecule has 3 rings (SSSR count). The molecule has 2 aromatic rings. The van der Waals surface area contributed by atoms with Crippen molar-refractivity contribution in [3.63, 3.8) is 0 Å². The van der Waals surface area contributed by atoms with Crippen LogP contribution in [0.3, 0.4) is 0 Å². The second kappa shape index (κ2) is 18.8. The SMILES string of the molecule is CC(C)(C)[Si](C)(C)OC[C@@H]1C(O[Si](C)(C)C(C)(C)C)C(O[Si](C)(C)C(C)(C)C)C(O[Si](C)(C)C(C)(C)C)CN1CCCCCCNc1ccc(-n2cncn2)cn1. The molecule has 328 valence electrons. The molecule has 0 amide bonds. The van der Waals surface area contributed by atoms with E-state index in [-0.39, 0.29) is 44.5 Å². The third-order valence-corrected chi connectivity index (χ3v) is 32.2. The highest BCUT2D eigenvalue weighted by molar-refractivity contribution is 6.75. The summed E-state index contributed by atoms with van der Waals surface area (Å²) in [6, 6.07) is 4.09. The molecule has 3 unspecified atom stereocenters. The van der Waals surface area contributed by atoms with E-state index < -0.39 is 33.3 Å². The summed E-state index contributed by atoms with van der Waals surface area (Å²) in [6.45, 7) is 50.7. The standard InChI is InChI=1S/C43H86N6O4Si4/c1-40(2,3)54(13,14)50-31-35-38(52-56(17,18)42(7,8)9)39(53-57(19,20)43(10,11)12)36(51-55(15,16)41(4,5)6)30-48(35)28-24-22-21-23-27-45-37-26-25-34(29-46-37)49-33-44-32-47-49/h25-26,29,32-33,35-36,38-39H,21-24,27-28,30-31H2,1-20H3,(H,45,46)/t35-,36?,38?,39?/m1/s1. The summed E-state index contributed by atoms with van der Waals surface area (Å²) in [6.07, 6.45) is 9.10. The van der Waals surface area contributed by atoms with Crippen LogP contribution in [0.2, 0.25) is 72.5 Å². The number of rotatable bonds is 18. The summed E-state index contributed by atoms with van der Waals surface area (Å²) < 4.78 is 31.8. The fraction of sp³-hybridized carbons (Fsp3) is 0.837. The van der Waals surface area contributed by atoms with Crippen LogP contribution in [-0.4, -0.2) is 109 Å². The second-order valence-electron chi connectivity index (χ2n) is 22.8. The predicted octanol–water partition coefficient (Wildman–Crippen LogP) is 11.5. The fourth-order valence-electron chi connectivity index (χ4n) is 6.04. The van der Waals surface area contributed by atoms with Gasteiger partial charge in [0.05, 0.1) is 42.8 Å². The minimum Gasteiger partial charge on any atom is -0.415 e. The molecule has 2 aromatic heterocycles. The van der Waals surface area contributed by atoms with E-state index in [0.717, 1.165) is 56.8 Å². The van der Waals surface area contributed by atoms with Crippen LogP contribution in [0.1, 0.15) is 109 Å². The molecule has 0 bridgehead atoms. The molecule has 0 aromatic carbocycles. The lowest BCUT2D eigenvalue weighted by molar-refractivity contribution is -0.128. The lowest BCUT2D eigenvalue weighted by Gasteiger charge is -2.56. The number of piperidine rings is 1. The number of pyridine rings is 1. The van der Waals surface area contributed by atoms with Gasteiger partial charge in [0.15, 0.2) is 33.3 Å². The summed E-state index contributed by atoms with van der Waals surface area (Å²) in [7, 11) is -8.75. The number of anilines is 1. The molecule has 1 saturated heterocycles. The molecule has 1 aliphatic heterocycles. The van der Waals surface area contributed by atoms with Gasteiger partial charge < -0.3 is 23.0 Å². The van der Waals surface area contributed by atoms with Gasteiger partial charge in [-0.1, -0.05) is 95.9 Å². The Kier molecular flexibility index (Phi) is 16.5. The highest BCUT2D eigenvalue weighted by Crippen LogP contribution is 2.46. The molecule has 0 aliphatic carbocycles. The van der Waals surface area contributed by atoms with E-state index in [1.54, 1.807) is 11.0 Å². The van der Waals surface area contributed by atoms with Crippen LogP contribution in [0.25, 0.3) is 5.69 Å². The number of likely N-dealkylation sites (tertiary alicyclic amines) is 1. The van der Waals surface area contributed by atoms with Crippen molar-refractivity contribution >= 4 is 39.1 Å². The number of unbranched alkanes of at least 4 members (excludes halogenated alkanes) is 3. The first-order valence-corrected chi connectivity index (χ1v) is 33.4. The number of nitrogens with one attached hydrogen (secondary N) is 1. The van der Waals surface area contributed by atoms with Crippen molar-refractivity contribution in [3.8, 4) is 5.69 Å². The molecule has 1 fully saturated rings. The normalized spacial score (nSPS) is 21.3. The van der Waals surface area contributed by atoms with Crippen molar-refractivity contribution in [3.05, 3.63) is 31.0 Å². The molecule has 1 N–H and O–H groups in total. The Labute approximate surface area is 353 Å². The summed E-state index contributed by atoms with van der Waals surface area (Å²) in [5.41, 5.74) is 0.899. The van der Waals surface area contributed by atoms with Crippen molar-refractivity contribution in [2.24, 2.45) is 0 Å². The largest absolute Gasteiger partial charge is 0.415 e. The van der Waals surface area contributed by atoms with Gasteiger partial charge in [-0.3, -0.25) is 4.90 Å². The van der Waals surface area contributed by atoms with Gasteiger partial charge in [-0.05, 0) is 104 Å². The summed E-state index contributed by atoms with van der Waals surface area (Å²) >= 11 is 0. The third kappa shape index (κ3) is 13.4. The Morgan fingerprint density at radius 3 is 1.68 bits per heavy atom. The third-order valence-electron chi connectivity index (χ3n) is 14.2.